The summed E-state index contributed by atoms with van der Waals surface area (Å²) in [4.78, 5) is 5.07. The Morgan fingerprint density at radius 2 is 2.15 bits per heavy atom. The average Bonchev–Trinajstić information content (AvgIpc) is 2.97. The van der Waals surface area contributed by atoms with Gasteiger partial charge >= 0.3 is 0 Å². The van der Waals surface area contributed by atoms with E-state index in [-0.39, 0.29) is 0 Å². The first-order valence-electron chi connectivity index (χ1n) is 6.53. The number of hydrogen-bond donors (Lipinski definition) is 1. The van der Waals surface area contributed by atoms with Crippen LogP contribution in [0.25, 0.3) is 5.82 Å². The lowest BCUT2D eigenvalue weighted by Gasteiger charge is -2.12. The summed E-state index contributed by atoms with van der Waals surface area (Å²) in [6.45, 7) is 3.79. The zero-order valence-corrected chi connectivity index (χ0v) is 13.0. The van der Waals surface area contributed by atoms with Crippen molar-refractivity contribution in [3.05, 3.63) is 39.3 Å². The highest BCUT2D eigenvalue weighted by Crippen LogP contribution is 2.27. The number of rotatable bonds is 2. The molecule has 0 fully saturated rings. The first-order valence-corrected chi connectivity index (χ1v) is 7.32. The van der Waals surface area contributed by atoms with Crippen molar-refractivity contribution >= 4 is 28.8 Å². The first kappa shape index (κ1) is 13.5. The molecule has 0 spiro atoms. The minimum absolute atomic E-state index is 0.339. The van der Waals surface area contributed by atoms with E-state index in [0.29, 0.717) is 15.8 Å². The van der Waals surface area contributed by atoms with Gasteiger partial charge in [-0.05, 0) is 44.7 Å². The van der Waals surface area contributed by atoms with Crippen LogP contribution in [0.5, 0.6) is 0 Å². The summed E-state index contributed by atoms with van der Waals surface area (Å²) in [6, 6.07) is 2.05. The van der Waals surface area contributed by atoms with Crippen molar-refractivity contribution in [2.75, 3.05) is 0 Å². The largest absolute Gasteiger partial charge is 0.389 e. The van der Waals surface area contributed by atoms with E-state index in [4.69, 9.17) is 34.5 Å². The number of aromatic nitrogens is 3. The van der Waals surface area contributed by atoms with Gasteiger partial charge in [-0.3, -0.25) is 0 Å². The maximum atomic E-state index is 6.22. The molecular formula is C14H15ClN4S. The third-order valence-electron chi connectivity index (χ3n) is 3.70. The number of halogens is 1. The lowest BCUT2D eigenvalue weighted by Crippen LogP contribution is -2.17. The van der Waals surface area contributed by atoms with Gasteiger partial charge in [0.2, 0.25) is 0 Å². The molecule has 0 unspecified atom stereocenters. The molecular weight excluding hydrogens is 292 g/mol. The predicted octanol–water partition coefficient (Wildman–Crippen LogP) is 2.66. The van der Waals surface area contributed by atoms with Crippen molar-refractivity contribution in [1.29, 1.82) is 0 Å². The van der Waals surface area contributed by atoms with Gasteiger partial charge in [0.1, 0.15) is 4.99 Å². The van der Waals surface area contributed by atoms with Gasteiger partial charge in [0.25, 0.3) is 0 Å². The summed E-state index contributed by atoms with van der Waals surface area (Å²) in [6.07, 6.45) is 3.16. The van der Waals surface area contributed by atoms with Crippen molar-refractivity contribution in [2.45, 2.75) is 33.1 Å². The third-order valence-corrected chi connectivity index (χ3v) is 4.47. The van der Waals surface area contributed by atoms with E-state index < -0.39 is 0 Å². The van der Waals surface area contributed by atoms with Gasteiger partial charge in [-0.15, -0.1) is 0 Å². The highest BCUT2D eigenvalue weighted by Gasteiger charge is 2.21. The maximum Gasteiger partial charge on any atom is 0.164 e. The molecule has 0 aliphatic heterocycles. The molecule has 6 heteroatoms. The molecule has 2 aromatic rings. The molecule has 0 atom stereocenters. The molecule has 0 bridgehead atoms. The van der Waals surface area contributed by atoms with Gasteiger partial charge in [-0.25, -0.2) is 9.67 Å². The van der Waals surface area contributed by atoms with Crippen LogP contribution in [-0.4, -0.2) is 19.8 Å². The molecule has 104 valence electrons. The van der Waals surface area contributed by atoms with Crippen molar-refractivity contribution in [3.8, 4) is 5.82 Å². The van der Waals surface area contributed by atoms with Crippen LogP contribution >= 0.6 is 23.8 Å². The van der Waals surface area contributed by atoms with Crippen molar-refractivity contribution in [3.63, 3.8) is 0 Å². The van der Waals surface area contributed by atoms with Crippen LogP contribution in [0, 0.1) is 13.8 Å². The number of pyridine rings is 1. The Balaban J connectivity index is 2.27. The lowest BCUT2D eigenvalue weighted by atomic mass is 10.1. The van der Waals surface area contributed by atoms with Gasteiger partial charge in [0.15, 0.2) is 5.82 Å². The van der Waals surface area contributed by atoms with E-state index in [1.54, 1.807) is 4.68 Å². The number of hydrogen-bond acceptors (Lipinski definition) is 3. The number of nitrogens with two attached hydrogens (primary N) is 1. The second-order valence-corrected chi connectivity index (χ2v) is 5.90. The molecule has 0 aromatic carbocycles. The standard InChI is InChI=1S/C14H15ClN4S/c1-7-12(15)8(2)19(18-7)14-10(13(16)20)6-9-4-3-5-11(9)17-14/h6H,3-5H2,1-2H3,(H2,16,20). The molecule has 1 aliphatic rings. The van der Waals surface area contributed by atoms with Crippen LogP contribution in [-0.2, 0) is 12.8 Å². The van der Waals surface area contributed by atoms with E-state index in [2.05, 4.69) is 11.2 Å². The molecule has 0 saturated heterocycles. The fraction of sp³-hybridized carbons (Fsp3) is 0.357. The smallest absolute Gasteiger partial charge is 0.164 e. The molecule has 2 heterocycles. The second-order valence-electron chi connectivity index (χ2n) is 5.08. The fourth-order valence-corrected chi connectivity index (χ4v) is 2.90. The van der Waals surface area contributed by atoms with Crippen molar-refractivity contribution in [2.24, 2.45) is 5.73 Å². The molecule has 0 radical (unpaired) electrons. The van der Waals surface area contributed by atoms with E-state index in [0.717, 1.165) is 41.9 Å². The summed E-state index contributed by atoms with van der Waals surface area (Å²) in [5, 5.41) is 5.11. The Hall–Kier alpha value is -1.46. The minimum atomic E-state index is 0.339. The van der Waals surface area contributed by atoms with Crippen LogP contribution in [0.3, 0.4) is 0 Å². The zero-order valence-electron chi connectivity index (χ0n) is 11.4. The average molecular weight is 307 g/mol. The van der Waals surface area contributed by atoms with Crippen LogP contribution in [0.1, 0.15) is 34.6 Å². The molecule has 3 rings (SSSR count). The van der Waals surface area contributed by atoms with E-state index in [9.17, 15) is 0 Å². The molecule has 0 amide bonds. The summed E-state index contributed by atoms with van der Waals surface area (Å²) < 4.78 is 1.74. The minimum Gasteiger partial charge on any atom is -0.389 e. The molecule has 2 N–H and O–H groups in total. The summed E-state index contributed by atoms with van der Waals surface area (Å²) >= 11 is 11.4. The summed E-state index contributed by atoms with van der Waals surface area (Å²) in [5.74, 6) is 0.686. The number of aryl methyl sites for hydroxylation is 3. The quantitative estimate of drug-likeness (QED) is 0.867. The molecule has 2 aromatic heterocycles. The maximum absolute atomic E-state index is 6.22. The SMILES string of the molecule is Cc1nn(-c2nc3c(cc2C(N)=S)CCC3)c(C)c1Cl. The van der Waals surface area contributed by atoms with Crippen molar-refractivity contribution in [1.82, 2.24) is 14.8 Å². The first-order chi connectivity index (χ1) is 9.49. The Kier molecular flexibility index (Phi) is 3.26. The normalized spacial score (nSPS) is 13.6. The highest BCUT2D eigenvalue weighted by molar-refractivity contribution is 7.80. The zero-order chi connectivity index (χ0) is 14.4. The van der Waals surface area contributed by atoms with Gasteiger partial charge in [0.05, 0.1) is 22.0 Å². The molecule has 0 saturated carbocycles. The lowest BCUT2D eigenvalue weighted by molar-refractivity contribution is 0.794. The van der Waals surface area contributed by atoms with Gasteiger partial charge in [-0.2, -0.15) is 5.10 Å². The van der Waals surface area contributed by atoms with E-state index in [1.165, 1.54) is 5.56 Å². The number of nitrogens with zero attached hydrogens (tertiary/aromatic N) is 3. The Labute approximate surface area is 128 Å². The number of thiocarbonyl (C=S) groups is 1. The molecule has 1 aliphatic carbocycles. The van der Waals surface area contributed by atoms with Gasteiger partial charge in [0, 0.05) is 5.69 Å². The van der Waals surface area contributed by atoms with Gasteiger partial charge in [-0.1, -0.05) is 23.8 Å². The monoisotopic (exact) mass is 306 g/mol. The third kappa shape index (κ3) is 2.01. The molecule has 4 nitrogen and oxygen atoms in total. The highest BCUT2D eigenvalue weighted by atomic mass is 35.5. The topological polar surface area (TPSA) is 56.7 Å². The Morgan fingerprint density at radius 1 is 1.40 bits per heavy atom. The Bertz CT molecular complexity index is 720. The predicted molar refractivity (Wildman–Crippen MR) is 83.8 cm³/mol. The van der Waals surface area contributed by atoms with E-state index >= 15 is 0 Å². The van der Waals surface area contributed by atoms with E-state index in [1.807, 2.05) is 13.8 Å². The number of fused-ring (bicyclic) bond motifs is 1. The van der Waals surface area contributed by atoms with Gasteiger partial charge < -0.3 is 5.73 Å². The molecule has 20 heavy (non-hydrogen) atoms. The van der Waals surface area contributed by atoms with Crippen molar-refractivity contribution < 1.29 is 0 Å². The van der Waals surface area contributed by atoms with Crippen LogP contribution in [0.4, 0.5) is 0 Å². The second kappa shape index (κ2) is 4.82. The summed E-state index contributed by atoms with van der Waals surface area (Å²) in [7, 11) is 0. The Morgan fingerprint density at radius 3 is 2.75 bits per heavy atom. The summed E-state index contributed by atoms with van der Waals surface area (Å²) in [5.41, 5.74) is 10.6. The van der Waals surface area contributed by atoms with Crippen LogP contribution in [0.15, 0.2) is 6.07 Å². The fourth-order valence-electron chi connectivity index (χ4n) is 2.63. The van der Waals surface area contributed by atoms with Crippen LogP contribution in [0.2, 0.25) is 5.02 Å². The van der Waals surface area contributed by atoms with Crippen LogP contribution < -0.4 is 5.73 Å².